The molecule has 1 aliphatic heterocycles. The number of carbonyl (C=O) groups is 1. The van der Waals surface area contributed by atoms with Crippen LogP contribution in [0.25, 0.3) is 11.0 Å². The lowest BCUT2D eigenvalue weighted by molar-refractivity contribution is -0.117. The van der Waals surface area contributed by atoms with E-state index in [2.05, 4.69) is 42.7 Å². The number of ether oxygens (including phenoxy) is 1. The molecule has 5 rings (SSSR count). The van der Waals surface area contributed by atoms with Gasteiger partial charge < -0.3 is 14.2 Å². The topological polar surface area (TPSA) is 47.4 Å². The maximum Gasteiger partial charge on any atom is 0.227 e. The van der Waals surface area contributed by atoms with Crippen LogP contribution in [-0.4, -0.2) is 29.1 Å². The largest absolute Gasteiger partial charge is 0.495 e. The Kier molecular flexibility index (Phi) is 5.17. The quantitative estimate of drug-likeness (QED) is 0.440. The lowest BCUT2D eigenvalue weighted by Crippen LogP contribution is -2.25. The second kappa shape index (κ2) is 8.15. The predicted molar refractivity (Wildman–Crippen MR) is 127 cm³/mol. The molecule has 1 amide bonds. The number of fused-ring (bicyclic) bond motifs is 1. The first-order valence-electron chi connectivity index (χ1n) is 11.0. The molecule has 2 heterocycles. The molecule has 1 fully saturated rings. The molecule has 1 atom stereocenters. The third-order valence-electron chi connectivity index (χ3n) is 6.46. The van der Waals surface area contributed by atoms with Crippen molar-refractivity contribution in [1.82, 2.24) is 9.55 Å². The number of aryl methyl sites for hydroxylation is 2. The van der Waals surface area contributed by atoms with Gasteiger partial charge in [-0.2, -0.15) is 0 Å². The summed E-state index contributed by atoms with van der Waals surface area (Å²) in [5.41, 5.74) is 6.70. The van der Waals surface area contributed by atoms with Gasteiger partial charge in [0, 0.05) is 25.4 Å². The molecule has 0 spiro atoms. The highest BCUT2D eigenvalue weighted by Crippen LogP contribution is 2.37. The van der Waals surface area contributed by atoms with Crippen LogP contribution >= 0.6 is 0 Å². The van der Waals surface area contributed by atoms with Crippen molar-refractivity contribution in [3.63, 3.8) is 0 Å². The number of benzene rings is 3. The van der Waals surface area contributed by atoms with Crippen LogP contribution in [0.3, 0.4) is 0 Å². The number of anilines is 1. The SMILES string of the molecule is COc1ccccc1N1CC(c2nc3ccccc3n2Cc2ccc(C)c(C)c2)CC1=O. The van der Waals surface area contributed by atoms with Gasteiger partial charge in [0.05, 0.1) is 23.8 Å². The summed E-state index contributed by atoms with van der Waals surface area (Å²) in [5, 5.41) is 0. The van der Waals surface area contributed by atoms with Crippen molar-refractivity contribution in [1.29, 1.82) is 0 Å². The number of carbonyl (C=O) groups excluding carboxylic acids is 1. The number of para-hydroxylation sites is 4. The monoisotopic (exact) mass is 425 g/mol. The van der Waals surface area contributed by atoms with E-state index in [0.717, 1.165) is 29.1 Å². The van der Waals surface area contributed by atoms with Gasteiger partial charge in [-0.3, -0.25) is 4.79 Å². The third kappa shape index (κ3) is 3.54. The summed E-state index contributed by atoms with van der Waals surface area (Å²) >= 11 is 0. The van der Waals surface area contributed by atoms with E-state index in [4.69, 9.17) is 9.72 Å². The zero-order valence-corrected chi connectivity index (χ0v) is 18.7. The summed E-state index contributed by atoms with van der Waals surface area (Å²) in [4.78, 5) is 19.9. The fourth-order valence-corrected chi connectivity index (χ4v) is 4.62. The van der Waals surface area contributed by atoms with Gasteiger partial charge in [-0.15, -0.1) is 0 Å². The van der Waals surface area contributed by atoms with Gasteiger partial charge in [-0.05, 0) is 54.8 Å². The summed E-state index contributed by atoms with van der Waals surface area (Å²) in [6.45, 7) is 5.60. The molecule has 1 aliphatic rings. The zero-order chi connectivity index (χ0) is 22.2. The van der Waals surface area contributed by atoms with Crippen molar-refractivity contribution in [2.45, 2.75) is 32.7 Å². The molecule has 5 heteroatoms. The van der Waals surface area contributed by atoms with Crippen molar-refractivity contribution in [3.05, 3.63) is 89.2 Å². The van der Waals surface area contributed by atoms with Gasteiger partial charge in [0.1, 0.15) is 11.6 Å². The van der Waals surface area contributed by atoms with Gasteiger partial charge in [0.15, 0.2) is 0 Å². The van der Waals surface area contributed by atoms with Gasteiger partial charge in [0.25, 0.3) is 0 Å². The molecule has 5 nitrogen and oxygen atoms in total. The predicted octanol–water partition coefficient (Wildman–Crippen LogP) is 5.23. The van der Waals surface area contributed by atoms with E-state index < -0.39 is 0 Å². The fourth-order valence-electron chi connectivity index (χ4n) is 4.62. The highest BCUT2D eigenvalue weighted by molar-refractivity contribution is 5.97. The fraction of sp³-hybridized carbons (Fsp3) is 0.259. The number of amides is 1. The average molecular weight is 426 g/mol. The lowest BCUT2D eigenvalue weighted by Gasteiger charge is -2.20. The molecule has 0 aliphatic carbocycles. The molecule has 0 N–H and O–H groups in total. The number of hydrogen-bond acceptors (Lipinski definition) is 3. The van der Waals surface area contributed by atoms with Gasteiger partial charge in [-0.25, -0.2) is 4.98 Å². The van der Waals surface area contributed by atoms with E-state index in [1.165, 1.54) is 16.7 Å². The maximum absolute atomic E-state index is 13.0. The van der Waals surface area contributed by atoms with Crippen LogP contribution in [0.2, 0.25) is 0 Å². The van der Waals surface area contributed by atoms with Crippen LogP contribution in [0.15, 0.2) is 66.7 Å². The molecule has 162 valence electrons. The number of imidazole rings is 1. The normalized spacial score (nSPS) is 16.2. The molecule has 1 saturated heterocycles. The van der Waals surface area contributed by atoms with E-state index in [1.54, 1.807) is 7.11 Å². The molecule has 4 aromatic rings. The van der Waals surface area contributed by atoms with Crippen molar-refractivity contribution < 1.29 is 9.53 Å². The van der Waals surface area contributed by atoms with E-state index >= 15 is 0 Å². The van der Waals surface area contributed by atoms with Gasteiger partial charge in [0.2, 0.25) is 5.91 Å². The number of hydrogen-bond donors (Lipinski definition) is 0. The Morgan fingerprint density at radius 3 is 2.59 bits per heavy atom. The van der Waals surface area contributed by atoms with Crippen LogP contribution in [0.4, 0.5) is 5.69 Å². The minimum atomic E-state index is 0.0198. The van der Waals surface area contributed by atoms with E-state index in [1.807, 2.05) is 47.4 Å². The number of methoxy groups -OCH3 is 1. The number of nitrogens with zero attached hydrogens (tertiary/aromatic N) is 3. The molecular formula is C27H27N3O2. The Balaban J connectivity index is 1.53. The summed E-state index contributed by atoms with van der Waals surface area (Å²) < 4.78 is 7.78. The summed E-state index contributed by atoms with van der Waals surface area (Å²) in [7, 11) is 1.64. The average Bonchev–Trinajstić information content (AvgIpc) is 3.37. The molecule has 1 unspecified atom stereocenters. The number of aromatic nitrogens is 2. The van der Waals surface area contributed by atoms with Gasteiger partial charge >= 0.3 is 0 Å². The van der Waals surface area contributed by atoms with Crippen LogP contribution in [-0.2, 0) is 11.3 Å². The third-order valence-corrected chi connectivity index (χ3v) is 6.46. The molecule has 0 bridgehead atoms. The first kappa shape index (κ1) is 20.3. The molecule has 1 aromatic heterocycles. The highest BCUT2D eigenvalue weighted by atomic mass is 16.5. The lowest BCUT2D eigenvalue weighted by atomic mass is 10.1. The van der Waals surface area contributed by atoms with Crippen molar-refractivity contribution in [2.75, 3.05) is 18.6 Å². The van der Waals surface area contributed by atoms with E-state index in [0.29, 0.717) is 18.7 Å². The molecule has 0 saturated carbocycles. The summed E-state index contributed by atoms with van der Waals surface area (Å²) in [6, 6.07) is 22.5. The maximum atomic E-state index is 13.0. The van der Waals surface area contributed by atoms with E-state index in [-0.39, 0.29) is 11.8 Å². The standard InChI is InChI=1S/C27H27N3O2/c1-18-12-13-20(14-19(18)2)16-30-23-9-5-4-8-22(23)28-27(30)21-15-26(31)29(17-21)24-10-6-7-11-25(24)32-3/h4-14,21H,15-17H2,1-3H3. The summed E-state index contributed by atoms with van der Waals surface area (Å²) in [5.74, 6) is 1.80. The Labute approximate surface area is 188 Å². The van der Waals surface area contributed by atoms with Gasteiger partial charge in [-0.1, -0.05) is 42.5 Å². The smallest absolute Gasteiger partial charge is 0.227 e. The van der Waals surface area contributed by atoms with Crippen LogP contribution < -0.4 is 9.64 Å². The van der Waals surface area contributed by atoms with Crippen LogP contribution in [0.1, 0.15) is 34.9 Å². The Morgan fingerprint density at radius 1 is 1.00 bits per heavy atom. The Bertz CT molecular complexity index is 1310. The second-order valence-electron chi connectivity index (χ2n) is 8.54. The summed E-state index contributed by atoms with van der Waals surface area (Å²) in [6.07, 6.45) is 0.439. The van der Waals surface area contributed by atoms with Crippen molar-refractivity contribution in [3.8, 4) is 5.75 Å². The number of rotatable bonds is 5. The Hall–Kier alpha value is -3.60. The first-order valence-corrected chi connectivity index (χ1v) is 11.0. The molecule has 3 aromatic carbocycles. The van der Waals surface area contributed by atoms with Crippen LogP contribution in [0, 0.1) is 13.8 Å². The minimum Gasteiger partial charge on any atom is -0.495 e. The molecular weight excluding hydrogens is 398 g/mol. The van der Waals surface area contributed by atoms with E-state index in [9.17, 15) is 4.79 Å². The van der Waals surface area contributed by atoms with Crippen molar-refractivity contribution in [2.24, 2.45) is 0 Å². The van der Waals surface area contributed by atoms with Crippen molar-refractivity contribution >= 4 is 22.6 Å². The molecule has 32 heavy (non-hydrogen) atoms. The second-order valence-corrected chi connectivity index (χ2v) is 8.54. The zero-order valence-electron chi connectivity index (χ0n) is 18.7. The first-order chi connectivity index (χ1) is 15.5. The molecule has 0 radical (unpaired) electrons. The van der Waals surface area contributed by atoms with Crippen LogP contribution in [0.5, 0.6) is 5.75 Å². The Morgan fingerprint density at radius 2 is 1.78 bits per heavy atom. The highest BCUT2D eigenvalue weighted by Gasteiger charge is 2.36. The minimum absolute atomic E-state index is 0.0198.